The van der Waals surface area contributed by atoms with Crippen molar-refractivity contribution in [2.75, 3.05) is 7.05 Å². The van der Waals surface area contributed by atoms with E-state index in [1.165, 1.54) is 24.8 Å². The maximum Gasteiger partial charge on any atom is 0.222 e. The molecule has 1 saturated heterocycles. The van der Waals surface area contributed by atoms with Crippen molar-refractivity contribution >= 4 is 5.91 Å². The number of likely N-dealkylation sites (N-methyl/N-ethyl adjacent to an activating group) is 1. The van der Waals surface area contributed by atoms with Gasteiger partial charge in [-0.25, -0.2) is 0 Å². The van der Waals surface area contributed by atoms with Gasteiger partial charge in [-0.3, -0.25) is 4.79 Å². The largest absolute Gasteiger partial charge is 0.342 e. The summed E-state index contributed by atoms with van der Waals surface area (Å²) in [6.45, 7) is 0. The SMILES string of the molecule is CN1C(=O)C[C@@H]2CCC[C@@H](c3ccccc3)[C@@H]21. The van der Waals surface area contributed by atoms with Gasteiger partial charge in [-0.2, -0.15) is 0 Å². The molecule has 2 heteroatoms. The van der Waals surface area contributed by atoms with Crippen molar-refractivity contribution in [3.63, 3.8) is 0 Å². The zero-order valence-electron chi connectivity index (χ0n) is 10.3. The van der Waals surface area contributed by atoms with E-state index >= 15 is 0 Å². The lowest BCUT2D eigenvalue weighted by atomic mass is 9.74. The van der Waals surface area contributed by atoms with Crippen LogP contribution in [0.4, 0.5) is 0 Å². The first-order valence-corrected chi connectivity index (χ1v) is 6.58. The number of rotatable bonds is 1. The summed E-state index contributed by atoms with van der Waals surface area (Å²) in [4.78, 5) is 13.8. The molecule has 0 aromatic heterocycles. The van der Waals surface area contributed by atoms with Crippen LogP contribution >= 0.6 is 0 Å². The Labute approximate surface area is 103 Å². The molecule has 0 N–H and O–H groups in total. The van der Waals surface area contributed by atoms with Crippen LogP contribution in [-0.2, 0) is 4.79 Å². The van der Waals surface area contributed by atoms with E-state index in [0.29, 0.717) is 23.8 Å². The first-order chi connectivity index (χ1) is 8.27. The molecule has 3 rings (SSSR count). The molecule has 0 radical (unpaired) electrons. The lowest BCUT2D eigenvalue weighted by molar-refractivity contribution is -0.127. The number of likely N-dealkylation sites (tertiary alicyclic amines) is 1. The van der Waals surface area contributed by atoms with Crippen molar-refractivity contribution in [1.29, 1.82) is 0 Å². The fourth-order valence-electron chi connectivity index (χ4n) is 3.68. The van der Waals surface area contributed by atoms with Crippen LogP contribution in [0.15, 0.2) is 30.3 Å². The zero-order chi connectivity index (χ0) is 11.8. The topological polar surface area (TPSA) is 20.3 Å². The summed E-state index contributed by atoms with van der Waals surface area (Å²) >= 11 is 0. The Morgan fingerprint density at radius 1 is 1.18 bits per heavy atom. The molecule has 1 heterocycles. The van der Waals surface area contributed by atoms with E-state index in [1.807, 2.05) is 11.9 Å². The Balaban J connectivity index is 1.92. The minimum absolute atomic E-state index is 0.336. The molecule has 1 aromatic carbocycles. The normalized spacial score (nSPS) is 32.6. The lowest BCUT2D eigenvalue weighted by Crippen LogP contribution is -2.39. The summed E-state index contributed by atoms with van der Waals surface area (Å²) in [6.07, 6.45) is 4.49. The standard InChI is InChI=1S/C15H19NO/c1-16-14(17)10-12-8-5-9-13(15(12)16)11-6-3-2-4-7-11/h2-4,6-7,12-13,15H,5,8-10H2,1H3/t12-,13-,15+/m0/s1. The minimum atomic E-state index is 0.336. The van der Waals surface area contributed by atoms with Crippen LogP contribution in [0.25, 0.3) is 0 Å². The van der Waals surface area contributed by atoms with Crippen molar-refractivity contribution in [2.24, 2.45) is 5.92 Å². The summed E-state index contributed by atoms with van der Waals surface area (Å²) in [5, 5.41) is 0. The van der Waals surface area contributed by atoms with Gasteiger partial charge < -0.3 is 4.90 Å². The number of fused-ring (bicyclic) bond motifs is 1. The van der Waals surface area contributed by atoms with Gasteiger partial charge in [0.2, 0.25) is 5.91 Å². The van der Waals surface area contributed by atoms with Gasteiger partial charge in [0.05, 0.1) is 0 Å². The number of carbonyl (C=O) groups excluding carboxylic acids is 1. The highest BCUT2D eigenvalue weighted by atomic mass is 16.2. The predicted molar refractivity (Wildman–Crippen MR) is 67.7 cm³/mol. The van der Waals surface area contributed by atoms with E-state index in [4.69, 9.17) is 0 Å². The maximum atomic E-state index is 11.8. The van der Waals surface area contributed by atoms with Crippen molar-refractivity contribution < 1.29 is 4.79 Å². The van der Waals surface area contributed by atoms with Crippen molar-refractivity contribution in [3.05, 3.63) is 35.9 Å². The Bertz CT molecular complexity index is 414. The van der Waals surface area contributed by atoms with Gasteiger partial charge in [-0.1, -0.05) is 36.8 Å². The molecule has 3 atom stereocenters. The molecule has 2 aliphatic rings. The zero-order valence-corrected chi connectivity index (χ0v) is 10.3. The number of benzene rings is 1. The molecule has 1 amide bonds. The molecule has 90 valence electrons. The quantitative estimate of drug-likeness (QED) is 0.725. The third-order valence-corrected chi connectivity index (χ3v) is 4.49. The average molecular weight is 229 g/mol. The second-order valence-electron chi connectivity index (χ2n) is 5.41. The third kappa shape index (κ3) is 1.76. The third-order valence-electron chi connectivity index (χ3n) is 4.49. The molecule has 0 spiro atoms. The fourth-order valence-corrected chi connectivity index (χ4v) is 3.68. The van der Waals surface area contributed by atoms with Crippen LogP contribution in [0.2, 0.25) is 0 Å². The van der Waals surface area contributed by atoms with Gasteiger partial charge in [-0.15, -0.1) is 0 Å². The van der Waals surface area contributed by atoms with Crippen molar-refractivity contribution in [3.8, 4) is 0 Å². The summed E-state index contributed by atoms with van der Waals surface area (Å²) in [5.74, 6) is 1.47. The van der Waals surface area contributed by atoms with E-state index in [9.17, 15) is 4.79 Å². The highest BCUT2D eigenvalue weighted by molar-refractivity contribution is 5.79. The molecule has 0 unspecified atom stereocenters. The highest BCUT2D eigenvalue weighted by Gasteiger charge is 2.44. The van der Waals surface area contributed by atoms with E-state index in [-0.39, 0.29) is 0 Å². The molecule has 2 fully saturated rings. The Morgan fingerprint density at radius 3 is 2.71 bits per heavy atom. The highest BCUT2D eigenvalue weighted by Crippen LogP contribution is 2.44. The Kier molecular flexibility index (Phi) is 2.65. The monoisotopic (exact) mass is 229 g/mol. The molecular weight excluding hydrogens is 210 g/mol. The second-order valence-corrected chi connectivity index (χ2v) is 5.41. The number of carbonyl (C=O) groups is 1. The van der Waals surface area contributed by atoms with Gasteiger partial charge in [0.1, 0.15) is 0 Å². The van der Waals surface area contributed by atoms with E-state index < -0.39 is 0 Å². The van der Waals surface area contributed by atoms with Crippen LogP contribution in [-0.4, -0.2) is 23.9 Å². The number of nitrogens with zero attached hydrogens (tertiary/aromatic N) is 1. The summed E-state index contributed by atoms with van der Waals surface area (Å²) < 4.78 is 0. The lowest BCUT2D eigenvalue weighted by Gasteiger charge is -2.37. The first-order valence-electron chi connectivity index (χ1n) is 6.58. The van der Waals surface area contributed by atoms with Crippen LogP contribution < -0.4 is 0 Å². The van der Waals surface area contributed by atoms with Crippen LogP contribution in [0.1, 0.15) is 37.2 Å². The van der Waals surface area contributed by atoms with Gasteiger partial charge in [0.25, 0.3) is 0 Å². The van der Waals surface area contributed by atoms with Crippen LogP contribution in [0.3, 0.4) is 0 Å². The maximum absolute atomic E-state index is 11.8. The summed E-state index contributed by atoms with van der Waals surface area (Å²) in [5.41, 5.74) is 1.41. The Morgan fingerprint density at radius 2 is 1.94 bits per heavy atom. The molecule has 1 aliphatic heterocycles. The van der Waals surface area contributed by atoms with E-state index in [0.717, 1.165) is 6.42 Å². The van der Waals surface area contributed by atoms with Crippen molar-refractivity contribution in [2.45, 2.75) is 37.6 Å². The first kappa shape index (κ1) is 10.8. The number of hydrogen-bond donors (Lipinski definition) is 0. The molecule has 1 saturated carbocycles. The molecule has 1 aromatic rings. The van der Waals surface area contributed by atoms with Crippen LogP contribution in [0, 0.1) is 5.92 Å². The molecule has 17 heavy (non-hydrogen) atoms. The predicted octanol–water partition coefficient (Wildman–Crippen LogP) is 2.80. The van der Waals surface area contributed by atoms with E-state index in [1.54, 1.807) is 0 Å². The van der Waals surface area contributed by atoms with Crippen molar-refractivity contribution in [1.82, 2.24) is 4.90 Å². The van der Waals surface area contributed by atoms with Gasteiger partial charge in [0, 0.05) is 25.4 Å². The van der Waals surface area contributed by atoms with Gasteiger partial charge in [-0.05, 0) is 24.3 Å². The average Bonchev–Trinajstić information content (AvgIpc) is 2.66. The number of amides is 1. The summed E-state index contributed by atoms with van der Waals surface area (Å²) in [7, 11) is 1.98. The molecular formula is C15H19NO. The number of hydrogen-bond acceptors (Lipinski definition) is 1. The van der Waals surface area contributed by atoms with Crippen LogP contribution in [0.5, 0.6) is 0 Å². The fraction of sp³-hybridized carbons (Fsp3) is 0.533. The molecule has 2 nitrogen and oxygen atoms in total. The molecule has 1 aliphatic carbocycles. The van der Waals surface area contributed by atoms with Gasteiger partial charge >= 0.3 is 0 Å². The second kappa shape index (κ2) is 4.17. The Hall–Kier alpha value is -1.31. The summed E-state index contributed by atoms with van der Waals surface area (Å²) in [6, 6.07) is 11.1. The van der Waals surface area contributed by atoms with E-state index in [2.05, 4.69) is 30.3 Å². The van der Waals surface area contributed by atoms with Gasteiger partial charge in [0.15, 0.2) is 0 Å². The smallest absolute Gasteiger partial charge is 0.222 e. The minimum Gasteiger partial charge on any atom is -0.342 e. The molecule has 0 bridgehead atoms.